The summed E-state index contributed by atoms with van der Waals surface area (Å²) in [4.78, 5) is 7.89. The van der Waals surface area contributed by atoms with Crippen molar-refractivity contribution in [2.75, 3.05) is 32.7 Å². The molecule has 6 nitrogen and oxygen atoms in total. The molecule has 2 aromatic rings. The van der Waals surface area contributed by atoms with E-state index in [0.717, 1.165) is 58.1 Å². The number of aryl methyl sites for hydroxylation is 2. The maximum Gasteiger partial charge on any atom is 0.300 e. The number of nitriles is 1. The van der Waals surface area contributed by atoms with Crippen LogP contribution in [0.15, 0.2) is 54.0 Å². The molecule has 0 unspecified atom stereocenters. The van der Waals surface area contributed by atoms with Crippen molar-refractivity contribution in [1.29, 1.82) is 5.26 Å². The van der Waals surface area contributed by atoms with Crippen molar-refractivity contribution < 1.29 is 0 Å². The lowest BCUT2D eigenvalue weighted by atomic mass is 10.1. The monoisotopic (exact) mass is 456 g/mol. The first-order valence-corrected chi connectivity index (χ1v) is 12.1. The third kappa shape index (κ3) is 7.09. The molecular weight excluding hydrogens is 420 g/mol. The third-order valence-electron chi connectivity index (χ3n) is 5.99. The molecule has 0 aromatic heterocycles. The normalized spacial score (nSPS) is 14.7. The van der Waals surface area contributed by atoms with E-state index < -0.39 is 0 Å². The Balaban J connectivity index is 1.56. The summed E-state index contributed by atoms with van der Waals surface area (Å²) in [6, 6.07) is 17.4. The fourth-order valence-corrected chi connectivity index (χ4v) is 4.46. The van der Waals surface area contributed by atoms with Crippen LogP contribution in [0.1, 0.15) is 41.2 Å². The van der Waals surface area contributed by atoms with Crippen LogP contribution in [0.25, 0.3) is 4.85 Å². The van der Waals surface area contributed by atoms with Crippen molar-refractivity contribution in [2.45, 2.75) is 46.8 Å². The zero-order valence-corrected chi connectivity index (χ0v) is 20.7. The van der Waals surface area contributed by atoms with Crippen LogP contribution in [0.2, 0.25) is 0 Å². The van der Waals surface area contributed by atoms with Gasteiger partial charge in [0, 0.05) is 45.8 Å². The van der Waals surface area contributed by atoms with Crippen LogP contribution in [-0.2, 0) is 19.6 Å². The van der Waals surface area contributed by atoms with Crippen LogP contribution in [0.3, 0.4) is 0 Å². The quantitative estimate of drug-likeness (QED) is 0.300. The van der Waals surface area contributed by atoms with E-state index in [9.17, 15) is 5.26 Å². The van der Waals surface area contributed by atoms with E-state index in [1.54, 1.807) is 0 Å². The predicted molar refractivity (Wildman–Crippen MR) is 137 cm³/mol. The summed E-state index contributed by atoms with van der Waals surface area (Å²) < 4.78 is 0. The van der Waals surface area contributed by atoms with Crippen LogP contribution in [0.5, 0.6) is 0 Å². The van der Waals surface area contributed by atoms with E-state index >= 15 is 0 Å². The summed E-state index contributed by atoms with van der Waals surface area (Å²) in [5.41, 5.74) is 6.41. The van der Waals surface area contributed by atoms with Crippen molar-refractivity contribution in [3.8, 4) is 6.07 Å². The number of nitrogens with one attached hydrogen (secondary N) is 2. The maximum absolute atomic E-state index is 9.59. The molecular formula is C28H36N6. The maximum atomic E-state index is 9.59. The lowest BCUT2D eigenvalue weighted by molar-refractivity contribution is 0.326. The van der Waals surface area contributed by atoms with Gasteiger partial charge in [0.25, 0.3) is 0 Å². The van der Waals surface area contributed by atoms with Gasteiger partial charge in [0.15, 0.2) is 0 Å². The standard InChI is InChI=1S/C28H36N6/c1-5-10-31-19-24-6-8-25(9-7-24)20-32-11-12-33-13-14-34(28(33)27(18-29)30-4)21-26-16-22(2)15-23(3)17-26/h6-9,15-17,31-32H,5,10-14,19-21H2,1-3H3/b28-27-. The van der Waals surface area contributed by atoms with Gasteiger partial charge in [-0.25, -0.2) is 10.1 Å². The Kier molecular flexibility index (Phi) is 9.52. The average Bonchev–Trinajstić information content (AvgIpc) is 3.20. The average molecular weight is 457 g/mol. The third-order valence-corrected chi connectivity index (χ3v) is 5.99. The van der Waals surface area contributed by atoms with Crippen LogP contribution < -0.4 is 10.6 Å². The van der Waals surface area contributed by atoms with Gasteiger partial charge in [-0.1, -0.05) is 60.5 Å². The minimum absolute atomic E-state index is 0.175. The Morgan fingerprint density at radius 2 is 1.53 bits per heavy atom. The van der Waals surface area contributed by atoms with Gasteiger partial charge in [0.05, 0.1) is 12.6 Å². The number of hydrogen-bond acceptors (Lipinski definition) is 5. The number of nitrogens with zero attached hydrogens (tertiary/aromatic N) is 4. The molecule has 0 radical (unpaired) electrons. The van der Waals surface area contributed by atoms with Crippen molar-refractivity contribution in [3.05, 3.63) is 93.2 Å². The molecule has 0 saturated carbocycles. The molecule has 2 aromatic carbocycles. The Morgan fingerprint density at radius 3 is 2.09 bits per heavy atom. The molecule has 178 valence electrons. The van der Waals surface area contributed by atoms with E-state index in [2.05, 4.69) is 94.6 Å². The summed E-state index contributed by atoms with van der Waals surface area (Å²) >= 11 is 0. The highest BCUT2D eigenvalue weighted by Gasteiger charge is 2.28. The number of hydrogen-bond donors (Lipinski definition) is 2. The van der Waals surface area contributed by atoms with Gasteiger partial charge in [-0.15, -0.1) is 0 Å². The highest BCUT2D eigenvalue weighted by molar-refractivity contribution is 5.35. The summed E-state index contributed by atoms with van der Waals surface area (Å²) in [5.74, 6) is 0.766. The molecule has 0 atom stereocenters. The molecule has 1 fully saturated rings. The number of allylic oxidation sites excluding steroid dienone is 1. The van der Waals surface area contributed by atoms with Crippen LogP contribution in [-0.4, -0.2) is 42.5 Å². The molecule has 0 amide bonds. The van der Waals surface area contributed by atoms with Gasteiger partial charge in [-0.2, -0.15) is 0 Å². The molecule has 0 bridgehead atoms. The second-order valence-electron chi connectivity index (χ2n) is 8.97. The van der Waals surface area contributed by atoms with Crippen LogP contribution >= 0.6 is 0 Å². The first kappa shape index (κ1) is 25.3. The molecule has 2 N–H and O–H groups in total. The minimum atomic E-state index is 0.175. The fourth-order valence-electron chi connectivity index (χ4n) is 4.46. The Morgan fingerprint density at radius 1 is 0.941 bits per heavy atom. The summed E-state index contributed by atoms with van der Waals surface area (Å²) in [6.45, 7) is 20.6. The lowest BCUT2D eigenvalue weighted by Crippen LogP contribution is -2.31. The van der Waals surface area contributed by atoms with Crippen molar-refractivity contribution in [2.24, 2.45) is 0 Å². The number of benzene rings is 2. The highest BCUT2D eigenvalue weighted by Crippen LogP contribution is 2.25. The van der Waals surface area contributed by atoms with Crippen molar-refractivity contribution in [1.82, 2.24) is 20.4 Å². The van der Waals surface area contributed by atoms with Gasteiger partial charge >= 0.3 is 5.70 Å². The Labute approximate surface area is 204 Å². The second-order valence-corrected chi connectivity index (χ2v) is 8.97. The van der Waals surface area contributed by atoms with Gasteiger partial charge < -0.3 is 20.4 Å². The van der Waals surface area contributed by atoms with Gasteiger partial charge in [-0.05, 0) is 43.5 Å². The SMILES string of the molecule is [C-]#[N+]/C(C#N)=C1/N(CCNCc2ccc(CNCCC)cc2)CCN1Cc1cc(C)cc(C)c1. The zero-order valence-electron chi connectivity index (χ0n) is 20.7. The Bertz CT molecular complexity index is 1020. The molecule has 6 heteroatoms. The van der Waals surface area contributed by atoms with E-state index in [4.69, 9.17) is 6.57 Å². The minimum Gasteiger partial charge on any atom is -0.363 e. The largest absolute Gasteiger partial charge is 0.363 e. The summed E-state index contributed by atoms with van der Waals surface area (Å²) in [7, 11) is 0. The van der Waals surface area contributed by atoms with Gasteiger partial charge in [0.2, 0.25) is 0 Å². The first-order chi connectivity index (χ1) is 16.5. The van der Waals surface area contributed by atoms with Gasteiger partial charge in [-0.3, -0.25) is 0 Å². The van der Waals surface area contributed by atoms with Crippen LogP contribution in [0, 0.1) is 31.8 Å². The highest BCUT2D eigenvalue weighted by atomic mass is 15.4. The predicted octanol–water partition coefficient (Wildman–Crippen LogP) is 4.32. The molecule has 3 rings (SSSR count). The smallest absolute Gasteiger partial charge is 0.300 e. The van der Waals surface area contributed by atoms with E-state index in [-0.39, 0.29) is 5.70 Å². The molecule has 1 saturated heterocycles. The number of rotatable bonds is 11. The topological polar surface area (TPSA) is 58.7 Å². The lowest BCUT2D eigenvalue weighted by Gasteiger charge is -2.26. The van der Waals surface area contributed by atoms with E-state index in [1.165, 1.54) is 27.8 Å². The molecule has 1 aliphatic rings. The van der Waals surface area contributed by atoms with Crippen molar-refractivity contribution >= 4 is 0 Å². The van der Waals surface area contributed by atoms with Gasteiger partial charge in [0.1, 0.15) is 5.82 Å². The first-order valence-electron chi connectivity index (χ1n) is 12.1. The van der Waals surface area contributed by atoms with Crippen molar-refractivity contribution in [3.63, 3.8) is 0 Å². The fraction of sp³-hybridized carbons (Fsp3) is 0.429. The second kappa shape index (κ2) is 12.8. The summed E-state index contributed by atoms with van der Waals surface area (Å²) in [5, 5.41) is 16.5. The molecule has 1 heterocycles. The Hall–Kier alpha value is -3.32. The molecule has 0 aliphatic carbocycles. The molecule has 1 aliphatic heterocycles. The zero-order chi connectivity index (χ0) is 24.3. The molecule has 0 spiro atoms. The van der Waals surface area contributed by atoms with E-state index in [0.29, 0.717) is 6.54 Å². The van der Waals surface area contributed by atoms with Crippen LogP contribution in [0.4, 0.5) is 0 Å². The van der Waals surface area contributed by atoms with E-state index in [1.807, 2.05) is 0 Å². The molecule has 34 heavy (non-hydrogen) atoms. The summed E-state index contributed by atoms with van der Waals surface area (Å²) in [6.07, 6.45) is 1.14.